The van der Waals surface area contributed by atoms with Crippen LogP contribution in [0.15, 0.2) is 58.5 Å². The van der Waals surface area contributed by atoms with Crippen molar-refractivity contribution in [2.45, 2.75) is 6.04 Å². The van der Waals surface area contributed by atoms with Crippen LogP contribution in [0.5, 0.6) is 0 Å². The van der Waals surface area contributed by atoms with Gasteiger partial charge < -0.3 is 10.6 Å². The molecule has 2 N–H and O–H groups in total. The lowest BCUT2D eigenvalue weighted by Crippen LogP contribution is -2.57. The van der Waals surface area contributed by atoms with Crippen LogP contribution < -0.4 is 5.73 Å². The Balaban J connectivity index is 1.70. The molecule has 3 aromatic rings. The first-order valence-electron chi connectivity index (χ1n) is 10.1. The van der Waals surface area contributed by atoms with E-state index in [9.17, 15) is 0 Å². The van der Waals surface area contributed by atoms with Crippen molar-refractivity contribution in [3.05, 3.63) is 64.9 Å². The monoisotopic (exact) mass is 437 g/mol. The second-order valence-corrected chi connectivity index (χ2v) is 8.37. The highest BCUT2D eigenvalue weighted by atomic mass is 35.5. The summed E-state index contributed by atoms with van der Waals surface area (Å²) in [6.07, 6.45) is 0. The third-order valence-corrected chi connectivity index (χ3v) is 6.09. The second-order valence-electron chi connectivity index (χ2n) is 7.97. The molecule has 1 fully saturated rings. The van der Waals surface area contributed by atoms with Gasteiger partial charge in [-0.1, -0.05) is 54.1 Å². The van der Waals surface area contributed by atoms with E-state index >= 15 is 4.39 Å². The highest BCUT2D eigenvalue weighted by Crippen LogP contribution is 2.40. The summed E-state index contributed by atoms with van der Waals surface area (Å²) in [6, 6.07) is 15.6. The van der Waals surface area contributed by atoms with Gasteiger partial charge in [0.2, 0.25) is 0 Å². The minimum atomic E-state index is -0.552. The van der Waals surface area contributed by atoms with E-state index in [1.54, 1.807) is 6.07 Å². The predicted octanol–water partition coefficient (Wildman–Crippen LogP) is 4.54. The standard InChI is InChI=1S/C24H25ClFN5/c1-28-23-19(24(27)29-14-31-12-16(13-31)30(2)3)11-20(25)21(22(23)26)18-10-6-8-15-7-4-5-9-17(15)18/h4-11,16H,1,12-14H2,2-3H3,(H2,27,29). The highest BCUT2D eigenvalue weighted by molar-refractivity contribution is 6.34. The molecule has 0 aliphatic carbocycles. The molecule has 1 saturated heterocycles. The van der Waals surface area contributed by atoms with Crippen LogP contribution in [0.2, 0.25) is 5.02 Å². The van der Waals surface area contributed by atoms with Crippen molar-refractivity contribution in [1.29, 1.82) is 0 Å². The van der Waals surface area contributed by atoms with Crippen LogP contribution in [0.1, 0.15) is 5.56 Å². The minimum Gasteiger partial charge on any atom is -0.383 e. The fourth-order valence-electron chi connectivity index (χ4n) is 3.89. The molecule has 0 atom stereocenters. The highest BCUT2D eigenvalue weighted by Gasteiger charge is 2.28. The average molecular weight is 438 g/mol. The van der Waals surface area contributed by atoms with Crippen molar-refractivity contribution in [3.8, 4) is 11.1 Å². The van der Waals surface area contributed by atoms with Gasteiger partial charge in [-0.15, -0.1) is 0 Å². The molecular weight excluding hydrogens is 413 g/mol. The molecule has 0 bridgehead atoms. The number of rotatable bonds is 6. The summed E-state index contributed by atoms with van der Waals surface area (Å²) >= 11 is 6.57. The summed E-state index contributed by atoms with van der Waals surface area (Å²) in [4.78, 5) is 12.7. The van der Waals surface area contributed by atoms with Crippen LogP contribution in [0.3, 0.4) is 0 Å². The molecule has 4 rings (SSSR count). The summed E-state index contributed by atoms with van der Waals surface area (Å²) in [7, 11) is 4.12. The average Bonchev–Trinajstić information content (AvgIpc) is 2.72. The van der Waals surface area contributed by atoms with Gasteiger partial charge in [0.05, 0.1) is 11.7 Å². The van der Waals surface area contributed by atoms with Gasteiger partial charge >= 0.3 is 0 Å². The van der Waals surface area contributed by atoms with Gasteiger partial charge in [0.25, 0.3) is 0 Å². The number of hydrogen-bond acceptors (Lipinski definition) is 4. The first kappa shape index (κ1) is 21.4. The van der Waals surface area contributed by atoms with Gasteiger partial charge in [-0.3, -0.25) is 14.9 Å². The summed E-state index contributed by atoms with van der Waals surface area (Å²) in [5, 5.41) is 2.16. The molecule has 0 radical (unpaired) electrons. The van der Waals surface area contributed by atoms with Gasteiger partial charge in [-0.25, -0.2) is 4.39 Å². The molecule has 0 aromatic heterocycles. The van der Waals surface area contributed by atoms with Gasteiger partial charge in [0.1, 0.15) is 11.5 Å². The van der Waals surface area contributed by atoms with Crippen molar-refractivity contribution in [1.82, 2.24) is 9.80 Å². The Labute approximate surface area is 186 Å². The molecule has 1 aliphatic heterocycles. The van der Waals surface area contributed by atoms with Gasteiger partial charge in [0.15, 0.2) is 5.82 Å². The van der Waals surface area contributed by atoms with E-state index in [0.717, 1.165) is 23.9 Å². The lowest BCUT2D eigenvalue weighted by atomic mass is 9.95. The number of benzene rings is 3. The van der Waals surface area contributed by atoms with Gasteiger partial charge in [-0.2, -0.15) is 0 Å². The Morgan fingerprint density at radius 1 is 1.23 bits per heavy atom. The maximum absolute atomic E-state index is 15.6. The van der Waals surface area contributed by atoms with Crippen molar-refractivity contribution >= 4 is 40.6 Å². The molecule has 0 unspecified atom stereocenters. The number of nitrogens with zero attached hydrogens (tertiary/aromatic N) is 4. The molecule has 1 heterocycles. The van der Waals surface area contributed by atoms with Crippen molar-refractivity contribution in [2.75, 3.05) is 33.9 Å². The number of likely N-dealkylation sites (tertiary alicyclic amines) is 1. The molecule has 0 spiro atoms. The third-order valence-electron chi connectivity index (χ3n) is 5.79. The van der Waals surface area contributed by atoms with E-state index in [4.69, 9.17) is 17.3 Å². The van der Waals surface area contributed by atoms with Gasteiger partial charge in [-0.05, 0) is 43.2 Å². The number of nitrogens with two attached hydrogens (primary N) is 1. The number of likely N-dealkylation sites (N-methyl/N-ethyl adjacent to an activating group) is 1. The first-order chi connectivity index (χ1) is 14.9. The smallest absolute Gasteiger partial charge is 0.158 e. The maximum atomic E-state index is 15.6. The Hall–Kier alpha value is -2.80. The zero-order valence-electron chi connectivity index (χ0n) is 17.6. The molecule has 31 heavy (non-hydrogen) atoms. The molecule has 1 aliphatic rings. The van der Waals surface area contributed by atoms with E-state index < -0.39 is 5.82 Å². The Bertz CT molecular complexity index is 1160. The molecule has 160 valence electrons. The summed E-state index contributed by atoms with van der Waals surface area (Å²) in [5.41, 5.74) is 7.60. The van der Waals surface area contributed by atoms with Crippen LogP contribution in [-0.4, -0.2) is 62.2 Å². The van der Waals surface area contributed by atoms with E-state index in [1.165, 1.54) is 0 Å². The van der Waals surface area contributed by atoms with E-state index in [1.807, 2.05) is 42.5 Å². The van der Waals surface area contributed by atoms with Crippen LogP contribution in [0.25, 0.3) is 21.9 Å². The molecule has 3 aromatic carbocycles. The van der Waals surface area contributed by atoms with Crippen LogP contribution in [0, 0.1) is 5.82 Å². The molecular formula is C24H25ClFN5. The Morgan fingerprint density at radius 3 is 2.65 bits per heavy atom. The summed E-state index contributed by atoms with van der Waals surface area (Å²) in [5.74, 6) is -0.357. The quantitative estimate of drug-likeness (QED) is 0.455. The summed E-state index contributed by atoms with van der Waals surface area (Å²) in [6.45, 7) is 5.84. The lowest BCUT2D eigenvalue weighted by Gasteiger charge is -2.41. The SMILES string of the molecule is C=Nc1c(C(N)=NCN2CC(N(C)C)C2)cc(Cl)c(-c2cccc3ccccc23)c1F. The van der Waals surface area contributed by atoms with E-state index in [0.29, 0.717) is 23.8 Å². The number of hydrogen-bond donors (Lipinski definition) is 1. The zero-order valence-corrected chi connectivity index (χ0v) is 18.4. The molecule has 0 amide bonds. The zero-order chi connectivity index (χ0) is 22.1. The lowest BCUT2D eigenvalue weighted by molar-refractivity contribution is 0.0668. The Kier molecular flexibility index (Phi) is 6.05. The molecule has 7 heteroatoms. The topological polar surface area (TPSA) is 57.2 Å². The minimum absolute atomic E-state index is 0.0587. The Morgan fingerprint density at radius 2 is 1.94 bits per heavy atom. The number of halogens is 2. The number of fused-ring (bicyclic) bond motifs is 1. The van der Waals surface area contributed by atoms with Crippen molar-refractivity contribution < 1.29 is 4.39 Å². The van der Waals surface area contributed by atoms with Crippen molar-refractivity contribution in [3.63, 3.8) is 0 Å². The molecule has 0 saturated carbocycles. The summed E-state index contributed by atoms with van der Waals surface area (Å²) < 4.78 is 15.6. The normalized spacial score (nSPS) is 15.5. The predicted molar refractivity (Wildman–Crippen MR) is 128 cm³/mol. The first-order valence-corrected chi connectivity index (χ1v) is 10.4. The van der Waals surface area contributed by atoms with Gasteiger partial charge in [0, 0.05) is 30.3 Å². The van der Waals surface area contributed by atoms with E-state index in [2.05, 4.69) is 40.6 Å². The maximum Gasteiger partial charge on any atom is 0.158 e. The third kappa shape index (κ3) is 4.06. The largest absolute Gasteiger partial charge is 0.383 e. The van der Waals surface area contributed by atoms with E-state index in [-0.39, 0.29) is 22.1 Å². The van der Waals surface area contributed by atoms with Crippen LogP contribution in [-0.2, 0) is 0 Å². The fourth-order valence-corrected chi connectivity index (χ4v) is 4.19. The van der Waals surface area contributed by atoms with Crippen LogP contribution >= 0.6 is 11.6 Å². The molecule has 5 nitrogen and oxygen atoms in total. The van der Waals surface area contributed by atoms with Crippen LogP contribution in [0.4, 0.5) is 10.1 Å². The van der Waals surface area contributed by atoms with Crippen molar-refractivity contribution in [2.24, 2.45) is 15.7 Å². The number of amidine groups is 1. The second kappa shape index (κ2) is 8.75. The number of aliphatic imine (C=N–C) groups is 2. The fraction of sp³-hybridized carbons (Fsp3) is 0.250.